The molecule has 2 rings (SSSR count). The van der Waals surface area contributed by atoms with Crippen molar-refractivity contribution < 1.29 is 14.3 Å². The average molecular weight is 425 g/mol. The molecule has 0 heterocycles. The highest BCUT2D eigenvalue weighted by Gasteiger charge is 2.09. The van der Waals surface area contributed by atoms with E-state index in [9.17, 15) is 4.79 Å². The Kier molecular flexibility index (Phi) is 6.27. The van der Waals surface area contributed by atoms with Gasteiger partial charge in [0.1, 0.15) is 12.4 Å². The molecule has 2 aromatic rings. The van der Waals surface area contributed by atoms with Gasteiger partial charge in [0.15, 0.2) is 0 Å². The van der Waals surface area contributed by atoms with Crippen LogP contribution >= 0.6 is 22.6 Å². The van der Waals surface area contributed by atoms with Crippen molar-refractivity contribution in [3.63, 3.8) is 0 Å². The van der Waals surface area contributed by atoms with Crippen molar-refractivity contribution in [2.24, 2.45) is 0 Å². The molecule has 0 unspecified atom stereocenters. The molecule has 0 aliphatic heterocycles. The summed E-state index contributed by atoms with van der Waals surface area (Å²) in [5, 5.41) is 2.71. The van der Waals surface area contributed by atoms with E-state index in [1.165, 1.54) is 12.7 Å². The van der Waals surface area contributed by atoms with Crippen LogP contribution in [0.3, 0.4) is 0 Å². The number of amides is 1. The maximum absolute atomic E-state index is 11.4. The van der Waals surface area contributed by atoms with E-state index in [1.54, 1.807) is 0 Å². The lowest BCUT2D eigenvalue weighted by Gasteiger charge is -2.14. The number of anilines is 1. The molecule has 5 heteroatoms. The largest absolute Gasteiger partial charge is 0.489 e. The maximum atomic E-state index is 11.4. The zero-order valence-corrected chi connectivity index (χ0v) is 15.6. The van der Waals surface area contributed by atoms with Gasteiger partial charge in [0.05, 0.1) is 12.8 Å². The van der Waals surface area contributed by atoms with Crippen molar-refractivity contribution in [3.05, 3.63) is 56.7 Å². The molecule has 0 saturated heterocycles. The Hall–Kier alpha value is -1.76. The molecule has 2 aromatic carbocycles. The van der Waals surface area contributed by atoms with Crippen LogP contribution in [0.4, 0.5) is 10.5 Å². The molecule has 0 atom stereocenters. The predicted octanol–water partition coefficient (Wildman–Crippen LogP) is 4.92. The summed E-state index contributed by atoms with van der Waals surface area (Å²) < 4.78 is 11.7. The second-order valence-corrected chi connectivity index (χ2v) is 6.41. The normalized spacial score (nSPS) is 10.3. The number of aryl methyl sites for hydroxylation is 2. The molecule has 23 heavy (non-hydrogen) atoms. The van der Waals surface area contributed by atoms with Gasteiger partial charge in [-0.15, -0.1) is 0 Å². The van der Waals surface area contributed by atoms with Crippen LogP contribution in [-0.2, 0) is 17.8 Å². The average Bonchev–Trinajstić information content (AvgIpc) is 2.55. The first-order valence-electron chi connectivity index (χ1n) is 7.39. The van der Waals surface area contributed by atoms with Crippen molar-refractivity contribution in [1.29, 1.82) is 0 Å². The summed E-state index contributed by atoms with van der Waals surface area (Å²) in [6.45, 7) is 4.55. The van der Waals surface area contributed by atoms with Gasteiger partial charge in [0, 0.05) is 9.13 Å². The number of hydrogen-bond donors (Lipinski definition) is 1. The van der Waals surface area contributed by atoms with Gasteiger partial charge in [-0.25, -0.2) is 4.79 Å². The molecule has 0 fully saturated rings. The van der Waals surface area contributed by atoms with Crippen LogP contribution in [-0.4, -0.2) is 13.2 Å². The molecule has 4 nitrogen and oxygen atoms in total. The number of rotatable bonds is 5. The maximum Gasteiger partial charge on any atom is 0.411 e. The Bertz CT molecular complexity index is 701. The smallest absolute Gasteiger partial charge is 0.411 e. The fourth-order valence-corrected chi connectivity index (χ4v) is 2.77. The summed E-state index contributed by atoms with van der Waals surface area (Å²) in [6, 6.07) is 12.0. The molecular formula is C18H20INO3. The van der Waals surface area contributed by atoms with E-state index >= 15 is 0 Å². The zero-order valence-electron chi connectivity index (χ0n) is 13.5. The Morgan fingerprint density at radius 1 is 1.22 bits per heavy atom. The highest BCUT2D eigenvalue weighted by Crippen LogP contribution is 2.24. The summed E-state index contributed by atoms with van der Waals surface area (Å²) in [4.78, 5) is 11.4. The van der Waals surface area contributed by atoms with E-state index in [0.717, 1.165) is 26.9 Å². The topological polar surface area (TPSA) is 47.6 Å². The molecule has 122 valence electrons. The summed E-state index contributed by atoms with van der Waals surface area (Å²) in [5.74, 6) is 0.852. The van der Waals surface area contributed by atoms with Crippen LogP contribution in [0, 0.1) is 10.5 Å². The van der Waals surface area contributed by atoms with Gasteiger partial charge in [-0.05, 0) is 71.3 Å². The van der Waals surface area contributed by atoms with Gasteiger partial charge < -0.3 is 9.47 Å². The molecule has 1 amide bonds. The van der Waals surface area contributed by atoms with E-state index in [0.29, 0.717) is 12.3 Å². The quantitative estimate of drug-likeness (QED) is 0.692. The number of halogens is 1. The zero-order chi connectivity index (χ0) is 16.8. The van der Waals surface area contributed by atoms with Crippen LogP contribution in [0.1, 0.15) is 23.6 Å². The second-order valence-electron chi connectivity index (χ2n) is 5.16. The summed E-state index contributed by atoms with van der Waals surface area (Å²) >= 11 is 2.24. The lowest BCUT2D eigenvalue weighted by molar-refractivity contribution is 0.187. The first kappa shape index (κ1) is 17.6. The van der Waals surface area contributed by atoms with Crippen LogP contribution in [0.5, 0.6) is 5.75 Å². The minimum absolute atomic E-state index is 0.377. The summed E-state index contributed by atoms with van der Waals surface area (Å²) in [6.07, 6.45) is 0.515. The van der Waals surface area contributed by atoms with E-state index in [1.807, 2.05) is 31.2 Å². The fourth-order valence-electron chi connectivity index (χ4n) is 2.21. The third-order valence-electron chi connectivity index (χ3n) is 3.52. The number of hydrogen-bond acceptors (Lipinski definition) is 3. The van der Waals surface area contributed by atoms with Gasteiger partial charge in [0.25, 0.3) is 0 Å². The Morgan fingerprint density at radius 2 is 2.00 bits per heavy atom. The van der Waals surface area contributed by atoms with Gasteiger partial charge in [0.2, 0.25) is 0 Å². The summed E-state index contributed by atoms with van der Waals surface area (Å²) in [5.41, 5.74) is 4.00. The number of nitrogens with one attached hydrogen (secondary N) is 1. The number of benzene rings is 2. The van der Waals surface area contributed by atoms with Gasteiger partial charge in [-0.2, -0.15) is 0 Å². The van der Waals surface area contributed by atoms with Crippen molar-refractivity contribution in [1.82, 2.24) is 0 Å². The van der Waals surface area contributed by atoms with Gasteiger partial charge in [-0.1, -0.05) is 19.1 Å². The SMILES string of the molecule is CCc1ccc(OCc2cc(I)ccc2NC(=O)OC)c(C)c1. The number of carbonyl (C=O) groups excluding carboxylic acids is 1. The standard InChI is InChI=1S/C18H20INO3/c1-4-13-5-8-17(12(2)9-13)23-11-14-10-15(19)6-7-16(14)20-18(21)22-3/h5-10H,4,11H2,1-3H3,(H,20,21). The lowest BCUT2D eigenvalue weighted by Crippen LogP contribution is -2.13. The monoisotopic (exact) mass is 425 g/mol. The summed E-state index contributed by atoms with van der Waals surface area (Å²) in [7, 11) is 1.34. The van der Waals surface area contributed by atoms with Gasteiger partial charge in [-0.3, -0.25) is 5.32 Å². The minimum atomic E-state index is -0.490. The third-order valence-corrected chi connectivity index (χ3v) is 4.19. The Balaban J connectivity index is 2.16. The van der Waals surface area contributed by atoms with Crippen LogP contribution in [0.15, 0.2) is 36.4 Å². The molecule has 0 radical (unpaired) electrons. The first-order chi connectivity index (χ1) is 11.0. The molecule has 1 N–H and O–H groups in total. The lowest BCUT2D eigenvalue weighted by atomic mass is 10.1. The molecule has 0 aromatic heterocycles. The molecular weight excluding hydrogens is 405 g/mol. The van der Waals surface area contributed by atoms with Crippen LogP contribution in [0.25, 0.3) is 0 Å². The van der Waals surface area contributed by atoms with E-state index in [2.05, 4.69) is 51.7 Å². The Labute approximate surface area is 150 Å². The predicted molar refractivity (Wildman–Crippen MR) is 100 cm³/mol. The molecule has 0 aliphatic carbocycles. The Morgan fingerprint density at radius 3 is 2.65 bits per heavy atom. The second kappa shape index (κ2) is 8.19. The number of ether oxygens (including phenoxy) is 2. The highest BCUT2D eigenvalue weighted by atomic mass is 127. The van der Waals surface area contributed by atoms with Crippen molar-refractivity contribution >= 4 is 34.4 Å². The van der Waals surface area contributed by atoms with Gasteiger partial charge >= 0.3 is 6.09 Å². The fraction of sp³-hybridized carbons (Fsp3) is 0.278. The van der Waals surface area contributed by atoms with E-state index in [4.69, 9.17) is 4.74 Å². The highest BCUT2D eigenvalue weighted by molar-refractivity contribution is 14.1. The van der Waals surface area contributed by atoms with Crippen molar-refractivity contribution in [3.8, 4) is 5.75 Å². The molecule has 0 saturated carbocycles. The minimum Gasteiger partial charge on any atom is -0.489 e. The number of carbonyl (C=O) groups is 1. The first-order valence-corrected chi connectivity index (χ1v) is 8.47. The van der Waals surface area contributed by atoms with E-state index < -0.39 is 6.09 Å². The molecule has 0 spiro atoms. The van der Waals surface area contributed by atoms with Crippen LogP contribution in [0.2, 0.25) is 0 Å². The number of methoxy groups -OCH3 is 1. The van der Waals surface area contributed by atoms with Crippen molar-refractivity contribution in [2.45, 2.75) is 26.9 Å². The van der Waals surface area contributed by atoms with Crippen LogP contribution < -0.4 is 10.1 Å². The molecule has 0 aliphatic rings. The third kappa shape index (κ3) is 4.86. The van der Waals surface area contributed by atoms with E-state index in [-0.39, 0.29) is 0 Å². The van der Waals surface area contributed by atoms with Crippen molar-refractivity contribution in [2.75, 3.05) is 12.4 Å². The molecule has 0 bridgehead atoms.